The lowest BCUT2D eigenvalue weighted by Gasteiger charge is -2.06. The van der Waals surface area contributed by atoms with Gasteiger partial charge in [0.15, 0.2) is 11.6 Å². The second-order valence-corrected chi connectivity index (χ2v) is 3.30. The molecule has 1 aromatic carbocycles. The fourth-order valence-corrected chi connectivity index (χ4v) is 1.44. The van der Waals surface area contributed by atoms with Gasteiger partial charge in [0, 0.05) is 5.56 Å². The van der Waals surface area contributed by atoms with Gasteiger partial charge in [0.25, 0.3) is 0 Å². The van der Waals surface area contributed by atoms with Crippen molar-refractivity contribution in [3.63, 3.8) is 0 Å². The summed E-state index contributed by atoms with van der Waals surface area (Å²) in [5.41, 5.74) is -0.540. The van der Waals surface area contributed by atoms with Crippen molar-refractivity contribution in [2.75, 3.05) is 0 Å². The molecule has 1 saturated carbocycles. The average molecular weight is 179 g/mol. The lowest BCUT2D eigenvalue weighted by Crippen LogP contribution is -2.06. The number of halogens is 2. The Morgan fingerprint density at radius 2 is 2.00 bits per heavy atom. The molecule has 1 aromatic rings. The van der Waals surface area contributed by atoms with Crippen molar-refractivity contribution in [2.24, 2.45) is 0 Å². The summed E-state index contributed by atoms with van der Waals surface area (Å²) < 4.78 is 26.0. The van der Waals surface area contributed by atoms with E-state index in [4.69, 9.17) is 5.26 Å². The van der Waals surface area contributed by atoms with Crippen LogP contribution in [0, 0.1) is 23.0 Å². The molecule has 1 aliphatic rings. The van der Waals surface area contributed by atoms with Crippen LogP contribution >= 0.6 is 0 Å². The molecule has 0 radical (unpaired) electrons. The van der Waals surface area contributed by atoms with Crippen molar-refractivity contribution >= 4 is 0 Å². The molecule has 0 aromatic heterocycles. The Labute approximate surface area is 74.6 Å². The van der Waals surface area contributed by atoms with Crippen LogP contribution in [0.4, 0.5) is 8.78 Å². The zero-order chi connectivity index (χ0) is 9.47. The minimum absolute atomic E-state index is 0.204. The van der Waals surface area contributed by atoms with E-state index >= 15 is 0 Å². The molecule has 0 spiro atoms. The third kappa shape index (κ3) is 1.10. The Morgan fingerprint density at radius 1 is 1.31 bits per heavy atom. The molecular weight excluding hydrogens is 172 g/mol. The summed E-state index contributed by atoms with van der Waals surface area (Å²) in [7, 11) is 0. The molecule has 2 rings (SSSR count). The first-order valence-electron chi connectivity index (χ1n) is 4.05. The summed E-state index contributed by atoms with van der Waals surface area (Å²) in [6.07, 6.45) is 1.26. The normalized spacial score (nSPS) is 17.9. The Hall–Kier alpha value is -1.43. The molecule has 0 aliphatic heterocycles. The van der Waals surface area contributed by atoms with Gasteiger partial charge in [0.1, 0.15) is 0 Å². The first-order chi connectivity index (χ1) is 6.19. The number of hydrogen-bond acceptors (Lipinski definition) is 1. The van der Waals surface area contributed by atoms with Gasteiger partial charge in [-0.25, -0.2) is 8.78 Å². The molecule has 1 fully saturated rings. The SMILES string of the molecule is N#CC1(c2cccc(F)c2F)CC1. The molecule has 3 heteroatoms. The molecule has 0 N–H and O–H groups in total. The smallest absolute Gasteiger partial charge is 0.163 e. The Bertz CT molecular complexity index is 388. The monoisotopic (exact) mass is 179 g/mol. The second kappa shape index (κ2) is 2.53. The maximum absolute atomic E-state index is 13.2. The molecular formula is C10H7F2N. The van der Waals surface area contributed by atoms with Gasteiger partial charge in [-0.05, 0) is 18.9 Å². The predicted molar refractivity (Wildman–Crippen MR) is 42.9 cm³/mol. The zero-order valence-electron chi connectivity index (χ0n) is 6.85. The molecule has 0 heterocycles. The van der Waals surface area contributed by atoms with Crippen LogP contribution in [0.2, 0.25) is 0 Å². The standard InChI is InChI=1S/C10H7F2N/c11-8-3-1-2-7(9(8)12)10(6-13)4-5-10/h1-3H,4-5H2. The van der Waals surface area contributed by atoms with E-state index in [0.717, 1.165) is 6.07 Å². The zero-order valence-corrected chi connectivity index (χ0v) is 6.85. The Kier molecular flexibility index (Phi) is 1.59. The van der Waals surface area contributed by atoms with E-state index in [1.807, 2.05) is 6.07 Å². The first kappa shape index (κ1) is 8.18. The fraction of sp³-hybridized carbons (Fsp3) is 0.300. The summed E-state index contributed by atoms with van der Waals surface area (Å²) in [6.45, 7) is 0. The molecule has 0 amide bonds. The van der Waals surface area contributed by atoms with E-state index in [1.54, 1.807) is 0 Å². The van der Waals surface area contributed by atoms with Gasteiger partial charge in [-0.3, -0.25) is 0 Å². The van der Waals surface area contributed by atoms with E-state index < -0.39 is 17.0 Å². The minimum Gasteiger partial charge on any atom is -0.204 e. The summed E-state index contributed by atoms with van der Waals surface area (Å²) in [5, 5.41) is 8.79. The van der Waals surface area contributed by atoms with Gasteiger partial charge in [-0.2, -0.15) is 5.26 Å². The quantitative estimate of drug-likeness (QED) is 0.649. The van der Waals surface area contributed by atoms with Gasteiger partial charge in [0.05, 0.1) is 11.5 Å². The highest BCUT2D eigenvalue weighted by Crippen LogP contribution is 2.48. The van der Waals surface area contributed by atoms with Crippen LogP contribution in [0.3, 0.4) is 0 Å². The molecule has 13 heavy (non-hydrogen) atoms. The topological polar surface area (TPSA) is 23.8 Å². The summed E-state index contributed by atoms with van der Waals surface area (Å²) in [6, 6.07) is 6.01. The van der Waals surface area contributed by atoms with Crippen LogP contribution < -0.4 is 0 Å². The molecule has 66 valence electrons. The lowest BCUT2D eigenvalue weighted by molar-refractivity contribution is 0.494. The van der Waals surface area contributed by atoms with E-state index in [9.17, 15) is 8.78 Å². The molecule has 0 unspecified atom stereocenters. The van der Waals surface area contributed by atoms with Gasteiger partial charge in [0.2, 0.25) is 0 Å². The van der Waals surface area contributed by atoms with E-state index in [-0.39, 0.29) is 5.56 Å². The summed E-state index contributed by atoms with van der Waals surface area (Å²) >= 11 is 0. The van der Waals surface area contributed by atoms with Crippen molar-refractivity contribution in [2.45, 2.75) is 18.3 Å². The van der Waals surface area contributed by atoms with Gasteiger partial charge >= 0.3 is 0 Å². The minimum atomic E-state index is -0.876. The molecule has 1 aliphatic carbocycles. The van der Waals surface area contributed by atoms with Crippen molar-refractivity contribution in [1.82, 2.24) is 0 Å². The summed E-state index contributed by atoms with van der Waals surface area (Å²) in [5.74, 6) is -1.75. The number of rotatable bonds is 1. The average Bonchev–Trinajstić information content (AvgIpc) is 2.90. The Balaban J connectivity index is 2.54. The van der Waals surface area contributed by atoms with Crippen molar-refractivity contribution < 1.29 is 8.78 Å². The summed E-state index contributed by atoms with van der Waals surface area (Å²) in [4.78, 5) is 0. The van der Waals surface area contributed by atoms with Crippen LogP contribution in [0.1, 0.15) is 18.4 Å². The van der Waals surface area contributed by atoms with Gasteiger partial charge in [-0.15, -0.1) is 0 Å². The number of nitrogens with zero attached hydrogens (tertiary/aromatic N) is 1. The highest BCUT2D eigenvalue weighted by molar-refractivity contribution is 5.39. The second-order valence-electron chi connectivity index (χ2n) is 3.30. The molecule has 1 nitrogen and oxygen atoms in total. The Morgan fingerprint density at radius 3 is 2.54 bits per heavy atom. The van der Waals surface area contributed by atoms with Crippen molar-refractivity contribution in [1.29, 1.82) is 5.26 Å². The number of nitriles is 1. The largest absolute Gasteiger partial charge is 0.204 e. The number of hydrogen-bond donors (Lipinski definition) is 0. The molecule has 0 atom stereocenters. The van der Waals surface area contributed by atoms with Gasteiger partial charge < -0.3 is 0 Å². The third-order valence-electron chi connectivity index (χ3n) is 2.43. The maximum atomic E-state index is 13.2. The first-order valence-corrected chi connectivity index (χ1v) is 4.05. The van der Waals surface area contributed by atoms with Crippen LogP contribution in [0.15, 0.2) is 18.2 Å². The lowest BCUT2D eigenvalue weighted by atomic mass is 9.97. The van der Waals surface area contributed by atoms with Crippen LogP contribution in [-0.2, 0) is 5.41 Å². The fourth-order valence-electron chi connectivity index (χ4n) is 1.44. The molecule has 0 bridgehead atoms. The van der Waals surface area contributed by atoms with Crippen molar-refractivity contribution in [3.8, 4) is 6.07 Å². The van der Waals surface area contributed by atoms with E-state index in [1.165, 1.54) is 12.1 Å². The van der Waals surface area contributed by atoms with Gasteiger partial charge in [-0.1, -0.05) is 12.1 Å². The number of benzene rings is 1. The third-order valence-corrected chi connectivity index (χ3v) is 2.43. The maximum Gasteiger partial charge on any atom is 0.163 e. The molecule has 0 saturated heterocycles. The van der Waals surface area contributed by atoms with Crippen LogP contribution in [0.5, 0.6) is 0 Å². The predicted octanol–water partition coefficient (Wildman–Crippen LogP) is 2.52. The highest BCUT2D eigenvalue weighted by atomic mass is 19.2. The van der Waals surface area contributed by atoms with Crippen molar-refractivity contribution in [3.05, 3.63) is 35.4 Å². The van der Waals surface area contributed by atoms with Crippen LogP contribution in [-0.4, -0.2) is 0 Å². The van der Waals surface area contributed by atoms with E-state index in [0.29, 0.717) is 12.8 Å². The highest BCUT2D eigenvalue weighted by Gasteiger charge is 2.47. The van der Waals surface area contributed by atoms with E-state index in [2.05, 4.69) is 0 Å². The van der Waals surface area contributed by atoms with Crippen LogP contribution in [0.25, 0.3) is 0 Å².